The van der Waals surface area contributed by atoms with Crippen LogP contribution in [0.4, 0.5) is 0 Å². The molecular weight excluding hydrogens is 222 g/mol. The van der Waals surface area contributed by atoms with E-state index in [9.17, 15) is 9.59 Å². The zero-order valence-corrected chi connectivity index (χ0v) is 8.56. The Kier molecular flexibility index (Phi) is 1.94. The quantitative estimate of drug-likeness (QED) is 0.648. The van der Waals surface area contributed by atoms with Gasteiger partial charge in [-0.1, -0.05) is 0 Å². The third-order valence-electron chi connectivity index (χ3n) is 2.48. The Balaban J connectivity index is 2.24. The van der Waals surface area contributed by atoms with Gasteiger partial charge in [-0.15, -0.1) is 0 Å². The normalized spacial score (nSPS) is 10.8. The number of fused-ring (bicyclic) bond motifs is 1. The molecule has 6 nitrogen and oxygen atoms in total. The molecule has 0 atom stereocenters. The van der Waals surface area contributed by atoms with Crippen LogP contribution in [0, 0.1) is 0 Å². The molecule has 0 radical (unpaired) electrons. The maximum atomic E-state index is 11.0. The molecule has 3 aromatic rings. The van der Waals surface area contributed by atoms with Gasteiger partial charge in [0.2, 0.25) is 0 Å². The average Bonchev–Trinajstić information content (AvgIpc) is 2.91. The fourth-order valence-corrected chi connectivity index (χ4v) is 1.72. The van der Waals surface area contributed by atoms with Gasteiger partial charge in [0.15, 0.2) is 11.9 Å². The van der Waals surface area contributed by atoms with Gasteiger partial charge in [0.25, 0.3) is 0 Å². The molecule has 0 aliphatic carbocycles. The number of aromatic amines is 2. The summed E-state index contributed by atoms with van der Waals surface area (Å²) in [5.41, 5.74) is 2.73. The summed E-state index contributed by atoms with van der Waals surface area (Å²) >= 11 is 0. The van der Waals surface area contributed by atoms with E-state index < -0.39 is 5.76 Å². The van der Waals surface area contributed by atoms with E-state index in [1.165, 1.54) is 6.33 Å². The molecule has 2 N–H and O–H groups in total. The number of nitrogens with one attached hydrogen (secondary N) is 2. The fraction of sp³-hybridized carbons (Fsp3) is 0. The molecule has 2 heterocycles. The number of rotatable bonds is 2. The number of carbonyl (C=O) groups excluding carboxylic acids is 1. The van der Waals surface area contributed by atoms with Crippen molar-refractivity contribution in [1.82, 2.24) is 15.0 Å². The maximum Gasteiger partial charge on any atom is 0.417 e. The average molecular weight is 229 g/mol. The predicted molar refractivity (Wildman–Crippen MR) is 59.8 cm³/mol. The van der Waals surface area contributed by atoms with Crippen molar-refractivity contribution in [2.45, 2.75) is 0 Å². The van der Waals surface area contributed by atoms with Gasteiger partial charge in [0.05, 0.1) is 17.5 Å². The Bertz CT molecular complexity index is 751. The Hall–Kier alpha value is -2.63. The van der Waals surface area contributed by atoms with E-state index in [2.05, 4.69) is 15.0 Å². The maximum absolute atomic E-state index is 11.0. The summed E-state index contributed by atoms with van der Waals surface area (Å²) in [6.45, 7) is 0. The second-order valence-corrected chi connectivity index (χ2v) is 3.51. The fourth-order valence-electron chi connectivity index (χ4n) is 1.72. The largest absolute Gasteiger partial charge is 0.417 e. The predicted octanol–water partition coefficient (Wildman–Crippen LogP) is 1.32. The van der Waals surface area contributed by atoms with Gasteiger partial charge < -0.3 is 9.40 Å². The molecule has 0 saturated heterocycles. The molecule has 0 amide bonds. The van der Waals surface area contributed by atoms with Crippen LogP contribution in [0.1, 0.15) is 10.5 Å². The first-order valence-electron chi connectivity index (χ1n) is 4.90. The second-order valence-electron chi connectivity index (χ2n) is 3.51. The minimum Gasteiger partial charge on any atom is -0.408 e. The molecule has 6 heteroatoms. The Morgan fingerprint density at radius 1 is 1.35 bits per heavy atom. The van der Waals surface area contributed by atoms with Gasteiger partial charge in [-0.25, -0.2) is 9.78 Å². The van der Waals surface area contributed by atoms with E-state index >= 15 is 0 Å². The molecule has 84 valence electrons. The lowest BCUT2D eigenvalue weighted by Crippen LogP contribution is -1.93. The zero-order valence-electron chi connectivity index (χ0n) is 8.56. The van der Waals surface area contributed by atoms with Gasteiger partial charge in [-0.3, -0.25) is 9.78 Å². The number of imidazole rings is 1. The highest BCUT2D eigenvalue weighted by Gasteiger charge is 2.09. The molecule has 0 aliphatic heterocycles. The van der Waals surface area contributed by atoms with Crippen molar-refractivity contribution in [2.24, 2.45) is 0 Å². The van der Waals surface area contributed by atoms with Crippen LogP contribution in [0.2, 0.25) is 0 Å². The van der Waals surface area contributed by atoms with Gasteiger partial charge in [0, 0.05) is 5.56 Å². The van der Waals surface area contributed by atoms with Crippen molar-refractivity contribution in [3.63, 3.8) is 0 Å². The SMILES string of the molecule is O=Cc1[nH]cnc1-c1ccc2oc(=O)[nH]c2c1. The monoisotopic (exact) mass is 229 g/mol. The minimum atomic E-state index is -0.505. The van der Waals surface area contributed by atoms with E-state index in [0.717, 1.165) is 5.56 Å². The number of benzene rings is 1. The molecule has 0 bridgehead atoms. The summed E-state index contributed by atoms with van der Waals surface area (Å²) in [6.07, 6.45) is 2.14. The van der Waals surface area contributed by atoms with Crippen molar-refractivity contribution in [3.05, 3.63) is 40.8 Å². The standard InChI is InChI=1S/C11H7N3O3/c15-4-8-10(13-5-12-8)6-1-2-9-7(3-6)14-11(16)17-9/h1-5H,(H,12,13)(H,14,16). The number of aldehydes is 1. The number of carbonyl (C=O) groups is 1. The number of hydrogen-bond donors (Lipinski definition) is 2. The minimum absolute atomic E-state index is 0.398. The number of hydrogen-bond acceptors (Lipinski definition) is 4. The van der Waals surface area contributed by atoms with Crippen LogP contribution in [0.25, 0.3) is 22.4 Å². The second kappa shape index (κ2) is 3.44. The molecule has 17 heavy (non-hydrogen) atoms. The summed E-state index contributed by atoms with van der Waals surface area (Å²) in [5, 5.41) is 0. The molecule has 3 rings (SSSR count). The van der Waals surface area contributed by atoms with Crippen LogP contribution >= 0.6 is 0 Å². The molecule has 1 aromatic carbocycles. The van der Waals surface area contributed by atoms with Crippen LogP contribution < -0.4 is 5.76 Å². The van der Waals surface area contributed by atoms with Gasteiger partial charge in [0.1, 0.15) is 5.69 Å². The lowest BCUT2D eigenvalue weighted by Gasteiger charge is -1.97. The number of H-pyrrole nitrogens is 2. The smallest absolute Gasteiger partial charge is 0.408 e. The van der Waals surface area contributed by atoms with Crippen molar-refractivity contribution < 1.29 is 9.21 Å². The first-order chi connectivity index (χ1) is 8.28. The lowest BCUT2D eigenvalue weighted by molar-refractivity contribution is 0.112. The highest BCUT2D eigenvalue weighted by molar-refractivity contribution is 5.86. The number of nitrogens with zero attached hydrogens (tertiary/aromatic N) is 1. The lowest BCUT2D eigenvalue weighted by atomic mass is 10.1. The van der Waals surface area contributed by atoms with Gasteiger partial charge >= 0.3 is 5.76 Å². The Morgan fingerprint density at radius 3 is 3.06 bits per heavy atom. The Morgan fingerprint density at radius 2 is 2.24 bits per heavy atom. The van der Waals surface area contributed by atoms with E-state index in [0.29, 0.717) is 28.8 Å². The molecule has 0 spiro atoms. The van der Waals surface area contributed by atoms with Crippen molar-refractivity contribution in [3.8, 4) is 11.3 Å². The van der Waals surface area contributed by atoms with Crippen LogP contribution in [0.5, 0.6) is 0 Å². The zero-order chi connectivity index (χ0) is 11.8. The summed E-state index contributed by atoms with van der Waals surface area (Å²) in [4.78, 5) is 31.1. The summed E-state index contributed by atoms with van der Waals surface area (Å²) in [7, 11) is 0. The van der Waals surface area contributed by atoms with Gasteiger partial charge in [-0.2, -0.15) is 0 Å². The Labute approximate surface area is 94.3 Å². The van der Waals surface area contributed by atoms with Crippen molar-refractivity contribution in [1.29, 1.82) is 0 Å². The topological polar surface area (TPSA) is 91.8 Å². The summed E-state index contributed by atoms with van der Waals surface area (Å²) in [6, 6.07) is 5.11. The molecular formula is C11H7N3O3. The van der Waals surface area contributed by atoms with E-state index in [4.69, 9.17) is 4.42 Å². The third-order valence-corrected chi connectivity index (χ3v) is 2.48. The van der Waals surface area contributed by atoms with Crippen LogP contribution in [0.15, 0.2) is 33.7 Å². The number of aromatic nitrogens is 3. The molecule has 0 fully saturated rings. The summed E-state index contributed by atoms with van der Waals surface area (Å²) in [5.74, 6) is -0.505. The first-order valence-corrected chi connectivity index (χ1v) is 4.90. The van der Waals surface area contributed by atoms with Crippen molar-refractivity contribution >= 4 is 17.4 Å². The van der Waals surface area contributed by atoms with E-state index in [1.807, 2.05) is 0 Å². The molecule has 0 saturated carbocycles. The first kappa shape index (κ1) is 9.59. The molecule has 0 aliphatic rings. The van der Waals surface area contributed by atoms with Gasteiger partial charge in [-0.05, 0) is 18.2 Å². The third kappa shape index (κ3) is 1.46. The van der Waals surface area contributed by atoms with Crippen LogP contribution in [-0.2, 0) is 0 Å². The van der Waals surface area contributed by atoms with Crippen molar-refractivity contribution in [2.75, 3.05) is 0 Å². The number of oxazole rings is 1. The van der Waals surface area contributed by atoms with Crippen LogP contribution in [-0.4, -0.2) is 21.2 Å². The molecule has 0 unspecified atom stereocenters. The molecule has 2 aromatic heterocycles. The van der Waals surface area contributed by atoms with E-state index in [1.54, 1.807) is 18.2 Å². The highest BCUT2D eigenvalue weighted by Crippen LogP contribution is 2.22. The summed E-state index contributed by atoms with van der Waals surface area (Å²) < 4.78 is 4.89. The highest BCUT2D eigenvalue weighted by atomic mass is 16.4. The van der Waals surface area contributed by atoms with E-state index in [-0.39, 0.29) is 0 Å². The van der Waals surface area contributed by atoms with Crippen LogP contribution in [0.3, 0.4) is 0 Å².